The predicted molar refractivity (Wildman–Crippen MR) is 79.1 cm³/mol. The van der Waals surface area contributed by atoms with Crippen molar-refractivity contribution >= 4 is 5.69 Å². The number of hydrogen-bond acceptors (Lipinski definition) is 3. The molecule has 0 bridgehead atoms. The molecule has 0 atom stereocenters. The Morgan fingerprint density at radius 3 is 2.75 bits per heavy atom. The van der Waals surface area contributed by atoms with E-state index in [0.29, 0.717) is 19.8 Å². The lowest BCUT2D eigenvalue weighted by Gasteiger charge is -2.19. The van der Waals surface area contributed by atoms with Crippen LogP contribution in [0.2, 0.25) is 0 Å². The molecule has 3 rings (SSSR count). The van der Waals surface area contributed by atoms with Crippen molar-refractivity contribution in [2.45, 2.75) is 6.54 Å². The van der Waals surface area contributed by atoms with Crippen LogP contribution in [0.5, 0.6) is 11.5 Å². The normalized spacial score (nSPS) is 12.6. The third kappa shape index (κ3) is 2.70. The highest BCUT2D eigenvalue weighted by Crippen LogP contribution is 2.30. The summed E-state index contributed by atoms with van der Waals surface area (Å²) in [5, 5.41) is 3.35. The lowest BCUT2D eigenvalue weighted by Crippen LogP contribution is -2.15. The number of fused-ring (bicyclic) bond motifs is 1. The fraction of sp³-hybridized carbons (Fsp3) is 0.176. The molecule has 0 aromatic heterocycles. The maximum atomic E-state index is 5.57. The molecule has 1 aliphatic heterocycles. The van der Waals surface area contributed by atoms with Gasteiger partial charge in [0.1, 0.15) is 13.2 Å². The fourth-order valence-corrected chi connectivity index (χ4v) is 2.12. The molecule has 0 aliphatic carbocycles. The maximum Gasteiger partial charge on any atom is 0.161 e. The minimum absolute atomic E-state index is 0.605. The van der Waals surface area contributed by atoms with Crippen LogP contribution in [-0.4, -0.2) is 13.2 Å². The van der Waals surface area contributed by atoms with Gasteiger partial charge in [-0.25, -0.2) is 0 Å². The summed E-state index contributed by atoms with van der Waals surface area (Å²) in [6.45, 7) is 1.93. The molecule has 0 radical (unpaired) electrons. The highest BCUT2D eigenvalue weighted by molar-refractivity contribution is 5.51. The molecule has 3 heteroatoms. The number of rotatable bonds is 3. The summed E-state index contributed by atoms with van der Waals surface area (Å²) in [5.41, 5.74) is 3.02. The minimum atomic E-state index is 0.605. The predicted octanol–water partition coefficient (Wildman–Crippen LogP) is 3.05. The van der Waals surface area contributed by atoms with Crippen LogP contribution in [0.15, 0.2) is 42.5 Å². The quantitative estimate of drug-likeness (QED) is 0.865. The molecule has 2 aromatic carbocycles. The van der Waals surface area contributed by atoms with E-state index in [9.17, 15) is 0 Å². The van der Waals surface area contributed by atoms with Gasteiger partial charge in [0.2, 0.25) is 0 Å². The van der Waals surface area contributed by atoms with E-state index < -0.39 is 0 Å². The summed E-state index contributed by atoms with van der Waals surface area (Å²) in [4.78, 5) is 0. The average Bonchev–Trinajstić information content (AvgIpc) is 2.53. The number of nitrogens with one attached hydrogen (secondary N) is 1. The average molecular weight is 265 g/mol. The van der Waals surface area contributed by atoms with Crippen molar-refractivity contribution < 1.29 is 9.47 Å². The smallest absolute Gasteiger partial charge is 0.161 e. The molecule has 0 fully saturated rings. The van der Waals surface area contributed by atoms with Gasteiger partial charge >= 0.3 is 0 Å². The van der Waals surface area contributed by atoms with E-state index in [1.165, 1.54) is 0 Å². The Bertz CT molecular complexity index is 658. The second-order valence-electron chi connectivity index (χ2n) is 4.56. The van der Waals surface area contributed by atoms with Gasteiger partial charge in [-0.1, -0.05) is 18.1 Å². The van der Waals surface area contributed by atoms with E-state index in [0.717, 1.165) is 28.3 Å². The van der Waals surface area contributed by atoms with Crippen LogP contribution >= 0.6 is 0 Å². The van der Waals surface area contributed by atoms with E-state index >= 15 is 0 Å². The molecule has 20 heavy (non-hydrogen) atoms. The summed E-state index contributed by atoms with van der Waals surface area (Å²) in [6, 6.07) is 13.8. The monoisotopic (exact) mass is 265 g/mol. The lowest BCUT2D eigenvalue weighted by atomic mass is 10.1. The highest BCUT2D eigenvalue weighted by atomic mass is 16.6. The van der Waals surface area contributed by atoms with Gasteiger partial charge in [0.05, 0.1) is 0 Å². The summed E-state index contributed by atoms with van der Waals surface area (Å²) in [7, 11) is 0. The molecular formula is C17H15NO2. The van der Waals surface area contributed by atoms with Crippen molar-refractivity contribution in [3.05, 3.63) is 53.6 Å². The molecule has 2 aromatic rings. The van der Waals surface area contributed by atoms with E-state index in [1.54, 1.807) is 0 Å². The van der Waals surface area contributed by atoms with Gasteiger partial charge in [0, 0.05) is 17.8 Å². The van der Waals surface area contributed by atoms with Gasteiger partial charge in [-0.05, 0) is 35.9 Å². The zero-order valence-electron chi connectivity index (χ0n) is 11.1. The summed E-state index contributed by atoms with van der Waals surface area (Å²) in [6.07, 6.45) is 5.39. The molecule has 0 spiro atoms. The first-order valence-corrected chi connectivity index (χ1v) is 6.54. The number of terminal acetylenes is 1. The van der Waals surface area contributed by atoms with E-state index in [4.69, 9.17) is 15.9 Å². The molecule has 0 saturated carbocycles. The Hall–Kier alpha value is -2.60. The Labute approximate surface area is 118 Å². The SMILES string of the molecule is C#Cc1cccc(NCc2ccc3c(c2)OCCO3)c1. The Morgan fingerprint density at radius 2 is 1.90 bits per heavy atom. The van der Waals surface area contributed by atoms with Crippen LogP contribution in [-0.2, 0) is 6.54 Å². The number of benzene rings is 2. The fourth-order valence-electron chi connectivity index (χ4n) is 2.12. The molecular weight excluding hydrogens is 250 g/mol. The van der Waals surface area contributed by atoms with Crippen molar-refractivity contribution in [3.8, 4) is 23.8 Å². The zero-order chi connectivity index (χ0) is 13.8. The standard InChI is InChI=1S/C17H15NO2/c1-2-13-4-3-5-15(10-13)18-12-14-6-7-16-17(11-14)20-9-8-19-16/h1,3-7,10-11,18H,8-9,12H2. The van der Waals surface area contributed by atoms with Gasteiger partial charge in [0.25, 0.3) is 0 Å². The zero-order valence-corrected chi connectivity index (χ0v) is 11.1. The molecule has 100 valence electrons. The lowest BCUT2D eigenvalue weighted by molar-refractivity contribution is 0.171. The van der Waals surface area contributed by atoms with Crippen LogP contribution in [0, 0.1) is 12.3 Å². The maximum absolute atomic E-state index is 5.57. The number of hydrogen-bond donors (Lipinski definition) is 1. The number of anilines is 1. The molecule has 0 unspecified atom stereocenters. The van der Waals surface area contributed by atoms with Crippen molar-refractivity contribution in [2.75, 3.05) is 18.5 Å². The van der Waals surface area contributed by atoms with Crippen molar-refractivity contribution in [1.82, 2.24) is 0 Å². The number of ether oxygens (including phenoxy) is 2. The van der Waals surface area contributed by atoms with E-state index in [2.05, 4.69) is 11.2 Å². The van der Waals surface area contributed by atoms with Crippen LogP contribution in [0.4, 0.5) is 5.69 Å². The molecule has 1 heterocycles. The van der Waals surface area contributed by atoms with Crippen molar-refractivity contribution in [2.24, 2.45) is 0 Å². The molecule has 1 aliphatic rings. The van der Waals surface area contributed by atoms with Crippen molar-refractivity contribution in [3.63, 3.8) is 0 Å². The Morgan fingerprint density at radius 1 is 1.05 bits per heavy atom. The molecule has 3 nitrogen and oxygen atoms in total. The largest absolute Gasteiger partial charge is 0.486 e. The van der Waals surface area contributed by atoms with Gasteiger partial charge < -0.3 is 14.8 Å². The van der Waals surface area contributed by atoms with Gasteiger partial charge in [0.15, 0.2) is 11.5 Å². The molecule has 0 saturated heterocycles. The minimum Gasteiger partial charge on any atom is -0.486 e. The van der Waals surface area contributed by atoms with Gasteiger partial charge in [-0.3, -0.25) is 0 Å². The summed E-state index contributed by atoms with van der Waals surface area (Å²) in [5.74, 6) is 4.26. The van der Waals surface area contributed by atoms with Crippen LogP contribution in [0.1, 0.15) is 11.1 Å². The van der Waals surface area contributed by atoms with Crippen molar-refractivity contribution in [1.29, 1.82) is 0 Å². The van der Waals surface area contributed by atoms with E-state index in [1.807, 2.05) is 42.5 Å². The van der Waals surface area contributed by atoms with Gasteiger partial charge in [-0.15, -0.1) is 6.42 Å². The Kier molecular flexibility index (Phi) is 3.47. The second kappa shape index (κ2) is 5.58. The first-order valence-electron chi connectivity index (χ1n) is 6.54. The first-order chi connectivity index (χ1) is 9.85. The first kappa shape index (κ1) is 12.4. The third-order valence-electron chi connectivity index (χ3n) is 3.13. The van der Waals surface area contributed by atoms with Gasteiger partial charge in [-0.2, -0.15) is 0 Å². The van der Waals surface area contributed by atoms with E-state index in [-0.39, 0.29) is 0 Å². The van der Waals surface area contributed by atoms with Crippen LogP contribution < -0.4 is 14.8 Å². The summed E-state index contributed by atoms with van der Waals surface area (Å²) >= 11 is 0. The summed E-state index contributed by atoms with van der Waals surface area (Å²) < 4.78 is 11.1. The second-order valence-corrected chi connectivity index (χ2v) is 4.56. The third-order valence-corrected chi connectivity index (χ3v) is 3.13. The molecule has 1 N–H and O–H groups in total. The van der Waals surface area contributed by atoms with Crippen LogP contribution in [0.25, 0.3) is 0 Å². The topological polar surface area (TPSA) is 30.5 Å². The highest BCUT2D eigenvalue weighted by Gasteiger charge is 2.11. The molecule has 0 amide bonds. The van der Waals surface area contributed by atoms with Crippen LogP contribution in [0.3, 0.4) is 0 Å². The Balaban J connectivity index is 1.70.